The third-order valence-electron chi connectivity index (χ3n) is 5.41. The van der Waals surface area contributed by atoms with Gasteiger partial charge in [0.05, 0.1) is 20.8 Å². The molecule has 0 saturated carbocycles. The molecule has 4 rings (SSSR count). The van der Waals surface area contributed by atoms with Crippen molar-refractivity contribution < 1.29 is 19.0 Å². The SMILES string of the molecule is COc1cc2c(cc1OC)CN(C(=O)c1ccc(=O)n(CCOc3ccccc3)n1)CC2. The molecule has 1 aromatic heterocycles. The van der Waals surface area contributed by atoms with Crippen LogP contribution < -0.4 is 19.8 Å². The molecule has 1 amide bonds. The fourth-order valence-corrected chi connectivity index (χ4v) is 3.71. The Hall–Kier alpha value is -3.81. The minimum atomic E-state index is -0.279. The molecular weight excluding hydrogens is 410 g/mol. The van der Waals surface area contributed by atoms with E-state index in [0.29, 0.717) is 36.8 Å². The molecule has 0 unspecified atom stereocenters. The lowest BCUT2D eigenvalue weighted by Crippen LogP contribution is -2.38. The molecule has 8 nitrogen and oxygen atoms in total. The Balaban J connectivity index is 1.46. The number of amides is 1. The molecule has 2 aromatic carbocycles. The van der Waals surface area contributed by atoms with Crippen molar-refractivity contribution in [3.63, 3.8) is 0 Å². The summed E-state index contributed by atoms with van der Waals surface area (Å²) in [7, 11) is 3.19. The van der Waals surface area contributed by atoms with Gasteiger partial charge in [-0.05, 0) is 47.9 Å². The average Bonchev–Trinajstić information content (AvgIpc) is 2.84. The Bertz CT molecular complexity index is 1160. The summed E-state index contributed by atoms with van der Waals surface area (Å²) in [6, 6.07) is 16.0. The molecular formula is C24H25N3O5. The first-order valence-electron chi connectivity index (χ1n) is 10.4. The molecule has 166 valence electrons. The molecule has 0 bridgehead atoms. The molecule has 1 aliphatic rings. The van der Waals surface area contributed by atoms with Crippen LogP contribution in [0.2, 0.25) is 0 Å². The highest BCUT2D eigenvalue weighted by molar-refractivity contribution is 5.92. The zero-order chi connectivity index (χ0) is 22.5. The summed E-state index contributed by atoms with van der Waals surface area (Å²) in [6.45, 7) is 1.51. The van der Waals surface area contributed by atoms with Gasteiger partial charge in [-0.25, -0.2) is 4.68 Å². The summed E-state index contributed by atoms with van der Waals surface area (Å²) >= 11 is 0. The van der Waals surface area contributed by atoms with Crippen molar-refractivity contribution in [3.05, 3.63) is 81.8 Å². The van der Waals surface area contributed by atoms with E-state index in [1.807, 2.05) is 42.5 Å². The molecule has 1 aliphatic heterocycles. The Morgan fingerprint density at radius 2 is 1.72 bits per heavy atom. The van der Waals surface area contributed by atoms with Crippen LogP contribution in [-0.4, -0.2) is 48.0 Å². The van der Waals surface area contributed by atoms with Crippen molar-refractivity contribution in [1.82, 2.24) is 14.7 Å². The highest BCUT2D eigenvalue weighted by Crippen LogP contribution is 2.33. The van der Waals surface area contributed by atoms with E-state index in [1.54, 1.807) is 19.1 Å². The van der Waals surface area contributed by atoms with Gasteiger partial charge in [0.1, 0.15) is 18.1 Å². The minimum absolute atomic E-state index is 0.219. The van der Waals surface area contributed by atoms with Crippen molar-refractivity contribution in [2.24, 2.45) is 0 Å². The van der Waals surface area contributed by atoms with Crippen LogP contribution >= 0.6 is 0 Å². The summed E-state index contributed by atoms with van der Waals surface area (Å²) in [5, 5.41) is 4.28. The largest absolute Gasteiger partial charge is 0.493 e. The summed E-state index contributed by atoms with van der Waals surface area (Å²) in [4.78, 5) is 27.0. The van der Waals surface area contributed by atoms with E-state index in [2.05, 4.69) is 5.10 Å². The second-order valence-corrected chi connectivity index (χ2v) is 7.39. The van der Waals surface area contributed by atoms with Crippen LogP contribution in [0.1, 0.15) is 21.6 Å². The molecule has 0 fully saturated rings. The maximum Gasteiger partial charge on any atom is 0.274 e. The number of carbonyl (C=O) groups excluding carboxylic acids is 1. The molecule has 3 aromatic rings. The van der Waals surface area contributed by atoms with E-state index in [-0.39, 0.29) is 30.3 Å². The minimum Gasteiger partial charge on any atom is -0.493 e. The van der Waals surface area contributed by atoms with Gasteiger partial charge in [-0.2, -0.15) is 5.10 Å². The van der Waals surface area contributed by atoms with Crippen LogP contribution in [0.15, 0.2) is 59.4 Å². The molecule has 0 spiro atoms. The maximum absolute atomic E-state index is 13.1. The van der Waals surface area contributed by atoms with E-state index in [9.17, 15) is 9.59 Å². The molecule has 0 aliphatic carbocycles. The third kappa shape index (κ3) is 4.59. The van der Waals surface area contributed by atoms with Crippen LogP contribution in [0.3, 0.4) is 0 Å². The zero-order valence-corrected chi connectivity index (χ0v) is 18.1. The number of hydrogen-bond acceptors (Lipinski definition) is 6. The Kier molecular flexibility index (Phi) is 6.39. The highest BCUT2D eigenvalue weighted by Gasteiger charge is 2.25. The average molecular weight is 435 g/mol. The number of para-hydroxylation sites is 1. The summed E-state index contributed by atoms with van der Waals surface area (Å²) in [5.41, 5.74) is 2.08. The first-order valence-corrected chi connectivity index (χ1v) is 10.4. The predicted molar refractivity (Wildman–Crippen MR) is 118 cm³/mol. The summed E-state index contributed by atoms with van der Waals surface area (Å²) < 4.78 is 17.7. The van der Waals surface area contributed by atoms with Crippen molar-refractivity contribution in [2.75, 3.05) is 27.4 Å². The number of carbonyl (C=O) groups is 1. The zero-order valence-electron chi connectivity index (χ0n) is 18.1. The number of aromatic nitrogens is 2. The summed E-state index contributed by atoms with van der Waals surface area (Å²) in [5.74, 6) is 1.80. The number of hydrogen-bond donors (Lipinski definition) is 0. The second-order valence-electron chi connectivity index (χ2n) is 7.39. The van der Waals surface area contributed by atoms with Crippen LogP contribution in [0.25, 0.3) is 0 Å². The van der Waals surface area contributed by atoms with Crippen LogP contribution in [0.5, 0.6) is 17.2 Å². The lowest BCUT2D eigenvalue weighted by atomic mass is 9.98. The van der Waals surface area contributed by atoms with Crippen molar-refractivity contribution in [1.29, 1.82) is 0 Å². The fraction of sp³-hybridized carbons (Fsp3) is 0.292. The normalized spacial score (nSPS) is 12.8. The standard InChI is InChI=1S/C24H25N3O5/c1-30-21-14-17-10-11-26(16-18(17)15-22(21)31-2)24(29)20-8-9-23(28)27(25-20)12-13-32-19-6-4-3-5-7-19/h3-9,14-15H,10-13,16H2,1-2H3. The molecule has 0 radical (unpaired) electrons. The Morgan fingerprint density at radius 1 is 1.00 bits per heavy atom. The fourth-order valence-electron chi connectivity index (χ4n) is 3.71. The van der Waals surface area contributed by atoms with Gasteiger partial charge in [0.15, 0.2) is 11.5 Å². The van der Waals surface area contributed by atoms with Gasteiger partial charge >= 0.3 is 0 Å². The van der Waals surface area contributed by atoms with Crippen LogP contribution in [0.4, 0.5) is 0 Å². The van der Waals surface area contributed by atoms with E-state index in [4.69, 9.17) is 14.2 Å². The van der Waals surface area contributed by atoms with Gasteiger partial charge in [-0.3, -0.25) is 9.59 Å². The van der Waals surface area contributed by atoms with Gasteiger partial charge in [0.2, 0.25) is 0 Å². The smallest absolute Gasteiger partial charge is 0.274 e. The van der Waals surface area contributed by atoms with E-state index < -0.39 is 0 Å². The topological polar surface area (TPSA) is 82.9 Å². The molecule has 2 heterocycles. The van der Waals surface area contributed by atoms with Gasteiger partial charge in [0, 0.05) is 19.2 Å². The van der Waals surface area contributed by atoms with E-state index in [0.717, 1.165) is 11.1 Å². The Morgan fingerprint density at radius 3 is 2.44 bits per heavy atom. The number of nitrogens with zero attached hydrogens (tertiary/aromatic N) is 3. The number of fused-ring (bicyclic) bond motifs is 1. The van der Waals surface area contributed by atoms with Crippen LogP contribution in [-0.2, 0) is 19.5 Å². The molecule has 0 saturated heterocycles. The maximum atomic E-state index is 13.1. The van der Waals surface area contributed by atoms with Gasteiger partial charge in [0.25, 0.3) is 11.5 Å². The quantitative estimate of drug-likeness (QED) is 0.567. The van der Waals surface area contributed by atoms with Crippen molar-refractivity contribution >= 4 is 5.91 Å². The highest BCUT2D eigenvalue weighted by atomic mass is 16.5. The molecule has 8 heteroatoms. The Labute approximate surface area is 186 Å². The van der Waals surface area contributed by atoms with Crippen molar-refractivity contribution in [2.45, 2.75) is 19.5 Å². The lowest BCUT2D eigenvalue weighted by molar-refractivity contribution is 0.0725. The number of rotatable bonds is 7. The summed E-state index contributed by atoms with van der Waals surface area (Å²) in [6.07, 6.45) is 0.700. The second kappa shape index (κ2) is 9.55. The van der Waals surface area contributed by atoms with Gasteiger partial charge in [-0.1, -0.05) is 18.2 Å². The first kappa shape index (κ1) is 21.4. The van der Waals surface area contributed by atoms with Gasteiger partial charge < -0.3 is 19.1 Å². The van der Waals surface area contributed by atoms with Crippen molar-refractivity contribution in [3.8, 4) is 17.2 Å². The number of methoxy groups -OCH3 is 2. The lowest BCUT2D eigenvalue weighted by Gasteiger charge is -2.29. The predicted octanol–water partition coefficient (Wildman–Crippen LogP) is 2.54. The third-order valence-corrected chi connectivity index (χ3v) is 5.41. The monoisotopic (exact) mass is 435 g/mol. The van der Waals surface area contributed by atoms with Gasteiger partial charge in [-0.15, -0.1) is 0 Å². The number of ether oxygens (including phenoxy) is 3. The number of benzene rings is 2. The molecule has 0 atom stereocenters. The molecule has 32 heavy (non-hydrogen) atoms. The first-order chi connectivity index (χ1) is 15.6. The molecule has 0 N–H and O–H groups in total. The van der Waals surface area contributed by atoms with E-state index in [1.165, 1.54) is 16.8 Å². The van der Waals surface area contributed by atoms with Crippen LogP contribution in [0, 0.1) is 0 Å². The van der Waals surface area contributed by atoms with E-state index >= 15 is 0 Å².